The second-order valence-electron chi connectivity index (χ2n) is 4.78. The minimum atomic E-state index is 0.454. The van der Waals surface area contributed by atoms with Crippen LogP contribution in [0.3, 0.4) is 0 Å². The second kappa shape index (κ2) is 6.69. The van der Waals surface area contributed by atoms with Crippen molar-refractivity contribution < 1.29 is 0 Å². The molecule has 0 aliphatic carbocycles. The van der Waals surface area contributed by atoms with Gasteiger partial charge in [-0.3, -0.25) is 4.68 Å². The number of rotatable bonds is 7. The zero-order valence-corrected chi connectivity index (χ0v) is 11.0. The van der Waals surface area contributed by atoms with E-state index in [0.29, 0.717) is 12.0 Å². The lowest BCUT2D eigenvalue weighted by molar-refractivity contribution is 0.438. The monoisotopic (exact) mass is 223 g/mol. The van der Waals surface area contributed by atoms with E-state index in [1.807, 2.05) is 10.9 Å². The Morgan fingerprint density at radius 2 is 2.12 bits per heavy atom. The smallest absolute Gasteiger partial charge is 0.0537 e. The molecule has 0 saturated carbocycles. The topological polar surface area (TPSA) is 29.9 Å². The van der Waals surface area contributed by atoms with Gasteiger partial charge in [-0.05, 0) is 25.3 Å². The molecule has 0 fully saturated rings. The summed E-state index contributed by atoms with van der Waals surface area (Å²) in [6.07, 6.45) is 6.49. The summed E-state index contributed by atoms with van der Waals surface area (Å²) in [5, 5.41) is 7.93. The van der Waals surface area contributed by atoms with Gasteiger partial charge in [0.25, 0.3) is 0 Å². The van der Waals surface area contributed by atoms with E-state index in [1.165, 1.54) is 12.0 Å². The third-order valence-electron chi connectivity index (χ3n) is 2.67. The van der Waals surface area contributed by atoms with Crippen molar-refractivity contribution in [2.45, 2.75) is 53.1 Å². The van der Waals surface area contributed by atoms with Crippen LogP contribution >= 0.6 is 0 Å². The van der Waals surface area contributed by atoms with Gasteiger partial charge < -0.3 is 5.32 Å². The van der Waals surface area contributed by atoms with Crippen molar-refractivity contribution in [1.29, 1.82) is 0 Å². The van der Waals surface area contributed by atoms with E-state index in [2.05, 4.69) is 44.3 Å². The Kier molecular flexibility index (Phi) is 5.53. The third kappa shape index (κ3) is 3.97. The van der Waals surface area contributed by atoms with Crippen molar-refractivity contribution in [1.82, 2.24) is 15.1 Å². The SMILES string of the molecule is CCCn1cc(C(CC(C)C)NCC)cn1. The van der Waals surface area contributed by atoms with E-state index in [0.717, 1.165) is 19.5 Å². The third-order valence-corrected chi connectivity index (χ3v) is 2.67. The van der Waals surface area contributed by atoms with Crippen LogP contribution in [0, 0.1) is 5.92 Å². The first-order valence-electron chi connectivity index (χ1n) is 6.43. The van der Waals surface area contributed by atoms with E-state index in [-0.39, 0.29) is 0 Å². The fourth-order valence-corrected chi connectivity index (χ4v) is 1.97. The van der Waals surface area contributed by atoms with E-state index < -0.39 is 0 Å². The Labute approximate surface area is 99.2 Å². The average Bonchev–Trinajstić information content (AvgIpc) is 2.66. The predicted molar refractivity (Wildman–Crippen MR) is 68.4 cm³/mol. The summed E-state index contributed by atoms with van der Waals surface area (Å²) < 4.78 is 2.04. The molecule has 16 heavy (non-hydrogen) atoms. The molecule has 1 aromatic rings. The van der Waals surface area contributed by atoms with Crippen molar-refractivity contribution in [2.75, 3.05) is 6.54 Å². The molecule has 1 heterocycles. The van der Waals surface area contributed by atoms with Crippen LogP contribution in [-0.2, 0) is 6.54 Å². The van der Waals surface area contributed by atoms with E-state index in [4.69, 9.17) is 0 Å². The summed E-state index contributed by atoms with van der Waals surface area (Å²) in [5.74, 6) is 0.707. The van der Waals surface area contributed by atoms with Gasteiger partial charge in [0.15, 0.2) is 0 Å². The number of hydrogen-bond acceptors (Lipinski definition) is 2. The molecule has 0 aliphatic heterocycles. The lowest BCUT2D eigenvalue weighted by atomic mass is 9.99. The molecular weight excluding hydrogens is 198 g/mol. The lowest BCUT2D eigenvalue weighted by Gasteiger charge is -2.18. The quantitative estimate of drug-likeness (QED) is 0.770. The van der Waals surface area contributed by atoms with E-state index in [1.54, 1.807) is 0 Å². The van der Waals surface area contributed by atoms with Crippen LogP contribution < -0.4 is 5.32 Å². The first-order chi connectivity index (χ1) is 7.67. The summed E-state index contributed by atoms with van der Waals surface area (Å²) in [6, 6.07) is 0.454. The van der Waals surface area contributed by atoms with Crippen LogP contribution in [0.1, 0.15) is 52.1 Å². The molecular formula is C13H25N3. The van der Waals surface area contributed by atoms with E-state index in [9.17, 15) is 0 Å². The molecule has 3 heteroatoms. The minimum absolute atomic E-state index is 0.454. The molecule has 0 aromatic carbocycles. The maximum atomic E-state index is 4.39. The maximum Gasteiger partial charge on any atom is 0.0537 e. The fraction of sp³-hybridized carbons (Fsp3) is 0.769. The molecule has 0 spiro atoms. The second-order valence-corrected chi connectivity index (χ2v) is 4.78. The van der Waals surface area contributed by atoms with Crippen molar-refractivity contribution in [2.24, 2.45) is 5.92 Å². The van der Waals surface area contributed by atoms with Crippen LogP contribution in [0.4, 0.5) is 0 Å². The van der Waals surface area contributed by atoms with Crippen LogP contribution in [0.2, 0.25) is 0 Å². The lowest BCUT2D eigenvalue weighted by Crippen LogP contribution is -2.22. The highest BCUT2D eigenvalue weighted by molar-refractivity contribution is 5.10. The highest BCUT2D eigenvalue weighted by atomic mass is 15.3. The molecule has 0 amide bonds. The summed E-state index contributed by atoms with van der Waals surface area (Å²) in [4.78, 5) is 0. The summed E-state index contributed by atoms with van der Waals surface area (Å²) in [6.45, 7) is 10.9. The zero-order valence-electron chi connectivity index (χ0n) is 11.0. The largest absolute Gasteiger partial charge is 0.310 e. The van der Waals surface area contributed by atoms with Gasteiger partial charge in [-0.25, -0.2) is 0 Å². The fourth-order valence-electron chi connectivity index (χ4n) is 1.97. The summed E-state index contributed by atoms with van der Waals surface area (Å²) in [7, 11) is 0. The van der Waals surface area contributed by atoms with Crippen molar-refractivity contribution in [3.05, 3.63) is 18.0 Å². The van der Waals surface area contributed by atoms with Gasteiger partial charge in [-0.15, -0.1) is 0 Å². The highest BCUT2D eigenvalue weighted by Crippen LogP contribution is 2.20. The van der Waals surface area contributed by atoms with Crippen LogP contribution in [0.25, 0.3) is 0 Å². The molecule has 1 aromatic heterocycles. The maximum absolute atomic E-state index is 4.39. The predicted octanol–water partition coefficient (Wildman–Crippen LogP) is 2.99. The average molecular weight is 223 g/mol. The molecule has 0 bridgehead atoms. The first-order valence-corrected chi connectivity index (χ1v) is 6.43. The Hall–Kier alpha value is -0.830. The number of aromatic nitrogens is 2. The summed E-state index contributed by atoms with van der Waals surface area (Å²) >= 11 is 0. The standard InChI is InChI=1S/C13H25N3/c1-5-7-16-10-12(9-15-16)13(14-6-2)8-11(3)4/h9-11,13-14H,5-8H2,1-4H3. The van der Waals surface area contributed by atoms with E-state index >= 15 is 0 Å². The minimum Gasteiger partial charge on any atom is -0.310 e. The van der Waals surface area contributed by atoms with Gasteiger partial charge in [0.1, 0.15) is 0 Å². The number of nitrogens with zero attached hydrogens (tertiary/aromatic N) is 2. The number of hydrogen-bond donors (Lipinski definition) is 1. The molecule has 1 unspecified atom stereocenters. The number of aryl methyl sites for hydroxylation is 1. The Morgan fingerprint density at radius 3 is 2.69 bits per heavy atom. The summed E-state index contributed by atoms with van der Waals surface area (Å²) in [5.41, 5.74) is 1.32. The van der Waals surface area contributed by atoms with Gasteiger partial charge in [0.2, 0.25) is 0 Å². The zero-order chi connectivity index (χ0) is 12.0. The molecule has 1 N–H and O–H groups in total. The van der Waals surface area contributed by atoms with Crippen molar-refractivity contribution in [3.8, 4) is 0 Å². The van der Waals surface area contributed by atoms with Crippen LogP contribution in [0.5, 0.6) is 0 Å². The molecule has 1 atom stereocenters. The molecule has 0 aliphatic rings. The van der Waals surface area contributed by atoms with Crippen LogP contribution in [-0.4, -0.2) is 16.3 Å². The Bertz CT molecular complexity index is 291. The van der Waals surface area contributed by atoms with Gasteiger partial charge >= 0.3 is 0 Å². The highest BCUT2D eigenvalue weighted by Gasteiger charge is 2.13. The van der Waals surface area contributed by atoms with Crippen molar-refractivity contribution in [3.63, 3.8) is 0 Å². The molecule has 3 nitrogen and oxygen atoms in total. The number of nitrogens with one attached hydrogen (secondary N) is 1. The van der Waals surface area contributed by atoms with Crippen molar-refractivity contribution >= 4 is 0 Å². The Balaban J connectivity index is 2.67. The normalized spacial score (nSPS) is 13.3. The molecule has 0 radical (unpaired) electrons. The first kappa shape index (κ1) is 13.2. The van der Waals surface area contributed by atoms with Gasteiger partial charge in [-0.1, -0.05) is 27.7 Å². The molecule has 1 rings (SSSR count). The molecule has 92 valence electrons. The van der Waals surface area contributed by atoms with Gasteiger partial charge in [-0.2, -0.15) is 5.10 Å². The Morgan fingerprint density at radius 1 is 1.38 bits per heavy atom. The van der Waals surface area contributed by atoms with Gasteiger partial charge in [0, 0.05) is 24.3 Å². The van der Waals surface area contributed by atoms with Gasteiger partial charge in [0.05, 0.1) is 6.20 Å². The van der Waals surface area contributed by atoms with Crippen LogP contribution in [0.15, 0.2) is 12.4 Å². The molecule has 0 saturated heterocycles.